The molecular formula is C10H18N2OS. The fourth-order valence-corrected chi connectivity index (χ4v) is 2.28. The first-order valence-corrected chi connectivity index (χ1v) is 5.89. The highest BCUT2D eigenvalue weighted by Crippen LogP contribution is 2.25. The van der Waals surface area contributed by atoms with Gasteiger partial charge < -0.3 is 10.5 Å². The molecule has 1 heterocycles. The molecule has 4 heteroatoms. The molecule has 0 saturated carbocycles. The molecule has 3 nitrogen and oxygen atoms in total. The van der Waals surface area contributed by atoms with Crippen LogP contribution in [-0.4, -0.2) is 11.6 Å². The first kappa shape index (κ1) is 11.6. The average molecular weight is 214 g/mol. The van der Waals surface area contributed by atoms with E-state index in [2.05, 4.69) is 11.9 Å². The van der Waals surface area contributed by atoms with Crippen molar-refractivity contribution in [3.63, 3.8) is 0 Å². The minimum Gasteiger partial charge on any atom is -0.371 e. The lowest BCUT2D eigenvalue weighted by atomic mass is 10.2. The number of ether oxygens (including phenoxy) is 1. The van der Waals surface area contributed by atoms with Crippen LogP contribution in [0.15, 0.2) is 5.38 Å². The van der Waals surface area contributed by atoms with Gasteiger partial charge in [-0.05, 0) is 20.3 Å². The third kappa shape index (κ3) is 2.77. The first-order chi connectivity index (χ1) is 6.69. The summed E-state index contributed by atoms with van der Waals surface area (Å²) in [5, 5.41) is 3.06. The van der Waals surface area contributed by atoms with Gasteiger partial charge in [-0.15, -0.1) is 11.3 Å². The zero-order valence-corrected chi connectivity index (χ0v) is 9.80. The van der Waals surface area contributed by atoms with Crippen molar-refractivity contribution < 1.29 is 4.74 Å². The molecule has 2 unspecified atom stereocenters. The predicted molar refractivity (Wildman–Crippen MR) is 59.4 cm³/mol. The summed E-state index contributed by atoms with van der Waals surface area (Å²) in [6.45, 7) is 6.78. The number of nitrogens with two attached hydrogens (primary N) is 1. The van der Waals surface area contributed by atoms with Crippen molar-refractivity contribution in [1.82, 2.24) is 4.98 Å². The summed E-state index contributed by atoms with van der Waals surface area (Å²) in [7, 11) is 0. The van der Waals surface area contributed by atoms with Crippen molar-refractivity contribution >= 4 is 11.3 Å². The Morgan fingerprint density at radius 1 is 1.57 bits per heavy atom. The van der Waals surface area contributed by atoms with E-state index in [-0.39, 0.29) is 12.1 Å². The van der Waals surface area contributed by atoms with Crippen LogP contribution in [-0.2, 0) is 4.74 Å². The van der Waals surface area contributed by atoms with Crippen LogP contribution in [0.2, 0.25) is 0 Å². The van der Waals surface area contributed by atoms with Gasteiger partial charge in [-0.2, -0.15) is 0 Å². The lowest BCUT2D eigenvalue weighted by Gasteiger charge is -2.11. The smallest absolute Gasteiger partial charge is 0.122 e. The number of aromatic nitrogens is 1. The van der Waals surface area contributed by atoms with Crippen molar-refractivity contribution in [3.05, 3.63) is 16.1 Å². The summed E-state index contributed by atoms with van der Waals surface area (Å²) in [6, 6.07) is 0.0131. The lowest BCUT2D eigenvalue weighted by Crippen LogP contribution is -2.07. The number of nitrogens with zero attached hydrogens (tertiary/aromatic N) is 1. The molecule has 0 aliphatic carbocycles. The minimum absolute atomic E-state index is 0.0131. The number of thiazole rings is 1. The molecule has 0 saturated heterocycles. The molecular weight excluding hydrogens is 196 g/mol. The molecule has 2 N–H and O–H groups in total. The quantitative estimate of drug-likeness (QED) is 0.819. The second-order valence-electron chi connectivity index (χ2n) is 3.25. The van der Waals surface area contributed by atoms with Gasteiger partial charge in [0.05, 0.1) is 5.69 Å². The molecule has 1 rings (SSSR count). The van der Waals surface area contributed by atoms with Gasteiger partial charge in [0.2, 0.25) is 0 Å². The van der Waals surface area contributed by atoms with Crippen LogP contribution in [0.1, 0.15) is 50.0 Å². The van der Waals surface area contributed by atoms with E-state index in [1.807, 2.05) is 19.2 Å². The molecule has 0 aliphatic rings. The zero-order chi connectivity index (χ0) is 10.6. The van der Waals surface area contributed by atoms with E-state index in [1.165, 1.54) is 0 Å². The van der Waals surface area contributed by atoms with Gasteiger partial charge >= 0.3 is 0 Å². The highest BCUT2D eigenvalue weighted by molar-refractivity contribution is 7.09. The van der Waals surface area contributed by atoms with Gasteiger partial charge in [0.15, 0.2) is 0 Å². The summed E-state index contributed by atoms with van der Waals surface area (Å²) in [5.41, 5.74) is 6.71. The summed E-state index contributed by atoms with van der Waals surface area (Å²) in [4.78, 5) is 4.47. The summed E-state index contributed by atoms with van der Waals surface area (Å²) >= 11 is 1.63. The van der Waals surface area contributed by atoms with E-state index < -0.39 is 0 Å². The molecule has 2 atom stereocenters. The van der Waals surface area contributed by atoms with Crippen LogP contribution in [0.25, 0.3) is 0 Å². The molecule has 14 heavy (non-hydrogen) atoms. The van der Waals surface area contributed by atoms with Gasteiger partial charge in [-0.25, -0.2) is 4.98 Å². The zero-order valence-electron chi connectivity index (χ0n) is 8.99. The Hall–Kier alpha value is -0.450. The van der Waals surface area contributed by atoms with Crippen molar-refractivity contribution in [2.45, 2.75) is 39.3 Å². The van der Waals surface area contributed by atoms with Crippen LogP contribution >= 0.6 is 11.3 Å². The van der Waals surface area contributed by atoms with Crippen molar-refractivity contribution in [1.29, 1.82) is 0 Å². The maximum absolute atomic E-state index is 5.75. The third-order valence-corrected chi connectivity index (χ3v) is 2.98. The second-order valence-corrected chi connectivity index (χ2v) is 4.14. The topological polar surface area (TPSA) is 48.1 Å². The standard InChI is InChI=1S/C10H18N2OS/c1-4-9(13-5-2)10-12-8(6-14-10)7(3)11/h6-7,9H,4-5,11H2,1-3H3. The highest BCUT2D eigenvalue weighted by Gasteiger charge is 2.14. The van der Waals surface area contributed by atoms with Crippen molar-refractivity contribution in [3.8, 4) is 0 Å². The van der Waals surface area contributed by atoms with Crippen LogP contribution in [0.4, 0.5) is 0 Å². The Morgan fingerprint density at radius 2 is 2.29 bits per heavy atom. The molecule has 0 bridgehead atoms. The lowest BCUT2D eigenvalue weighted by molar-refractivity contribution is 0.0595. The third-order valence-electron chi connectivity index (χ3n) is 2.02. The van der Waals surface area contributed by atoms with Crippen LogP contribution in [0.5, 0.6) is 0 Å². The SMILES string of the molecule is CCOC(CC)c1nc(C(C)N)cs1. The summed E-state index contributed by atoms with van der Waals surface area (Å²) < 4.78 is 5.58. The van der Waals surface area contributed by atoms with Crippen LogP contribution in [0.3, 0.4) is 0 Å². The molecule has 0 aromatic carbocycles. The van der Waals surface area contributed by atoms with E-state index in [4.69, 9.17) is 10.5 Å². The van der Waals surface area contributed by atoms with Gasteiger partial charge in [-0.3, -0.25) is 0 Å². The Balaban J connectivity index is 2.73. The van der Waals surface area contributed by atoms with E-state index in [1.54, 1.807) is 11.3 Å². The fourth-order valence-electron chi connectivity index (χ4n) is 1.22. The highest BCUT2D eigenvalue weighted by atomic mass is 32.1. The van der Waals surface area contributed by atoms with Gasteiger partial charge in [0.1, 0.15) is 11.1 Å². The Bertz CT molecular complexity index is 273. The van der Waals surface area contributed by atoms with E-state index in [9.17, 15) is 0 Å². The van der Waals surface area contributed by atoms with Crippen LogP contribution < -0.4 is 5.73 Å². The Labute approximate surface area is 89.3 Å². The summed E-state index contributed by atoms with van der Waals surface area (Å²) in [6.07, 6.45) is 1.09. The molecule has 1 aromatic rings. The molecule has 0 aliphatic heterocycles. The average Bonchev–Trinajstić information content (AvgIpc) is 2.63. The predicted octanol–water partition coefficient (Wildman–Crippen LogP) is 2.65. The van der Waals surface area contributed by atoms with E-state index >= 15 is 0 Å². The summed E-state index contributed by atoms with van der Waals surface area (Å²) in [5.74, 6) is 0. The first-order valence-electron chi connectivity index (χ1n) is 5.01. The maximum Gasteiger partial charge on any atom is 0.122 e. The van der Waals surface area contributed by atoms with Gasteiger partial charge in [0, 0.05) is 18.0 Å². The van der Waals surface area contributed by atoms with Crippen molar-refractivity contribution in [2.75, 3.05) is 6.61 Å². The number of rotatable bonds is 5. The normalized spacial score (nSPS) is 15.4. The maximum atomic E-state index is 5.75. The molecule has 0 amide bonds. The second kappa shape index (κ2) is 5.44. The Kier molecular flexibility index (Phi) is 4.51. The van der Waals surface area contributed by atoms with E-state index in [0.717, 1.165) is 23.7 Å². The molecule has 0 radical (unpaired) electrons. The molecule has 1 aromatic heterocycles. The van der Waals surface area contributed by atoms with Gasteiger partial charge in [0.25, 0.3) is 0 Å². The number of hydrogen-bond acceptors (Lipinski definition) is 4. The molecule has 0 spiro atoms. The fraction of sp³-hybridized carbons (Fsp3) is 0.700. The van der Waals surface area contributed by atoms with Gasteiger partial charge in [-0.1, -0.05) is 6.92 Å². The van der Waals surface area contributed by atoms with Crippen LogP contribution in [0, 0.1) is 0 Å². The monoisotopic (exact) mass is 214 g/mol. The van der Waals surface area contributed by atoms with Crippen molar-refractivity contribution in [2.24, 2.45) is 5.73 Å². The Morgan fingerprint density at radius 3 is 2.71 bits per heavy atom. The molecule has 80 valence electrons. The molecule has 0 fully saturated rings. The largest absolute Gasteiger partial charge is 0.371 e. The van der Waals surface area contributed by atoms with E-state index in [0.29, 0.717) is 0 Å². The minimum atomic E-state index is 0.0131. The number of hydrogen-bond donors (Lipinski definition) is 1.